The molecule has 7 heteroatoms. The van der Waals surface area contributed by atoms with Gasteiger partial charge in [0.05, 0.1) is 17.3 Å². The predicted octanol–water partition coefficient (Wildman–Crippen LogP) is 4.91. The zero-order chi connectivity index (χ0) is 24.9. The molecule has 7 nitrogen and oxygen atoms in total. The lowest BCUT2D eigenvalue weighted by molar-refractivity contribution is -0.111. The van der Waals surface area contributed by atoms with Gasteiger partial charge in [0.15, 0.2) is 0 Å². The molecule has 1 amide bonds. The van der Waals surface area contributed by atoms with Gasteiger partial charge < -0.3 is 19.9 Å². The van der Waals surface area contributed by atoms with Crippen molar-refractivity contribution in [3.8, 4) is 5.75 Å². The van der Waals surface area contributed by atoms with E-state index in [2.05, 4.69) is 29.2 Å². The molecule has 0 radical (unpaired) electrons. The number of hydrogen-bond donors (Lipinski definition) is 1. The van der Waals surface area contributed by atoms with Gasteiger partial charge in [-0.3, -0.25) is 4.79 Å². The summed E-state index contributed by atoms with van der Waals surface area (Å²) in [5, 5.41) is 3.89. The lowest BCUT2D eigenvalue weighted by Crippen LogP contribution is -2.42. The first-order valence-corrected chi connectivity index (χ1v) is 12.2. The smallest absolute Gasteiger partial charge is 0.248 e. The molecule has 184 valence electrons. The second-order valence-electron chi connectivity index (χ2n) is 9.58. The fourth-order valence-corrected chi connectivity index (χ4v) is 4.35. The van der Waals surface area contributed by atoms with Crippen molar-refractivity contribution in [2.45, 2.75) is 45.8 Å². The summed E-state index contributed by atoms with van der Waals surface area (Å²) in [6.45, 7) is 7.90. The van der Waals surface area contributed by atoms with Crippen LogP contribution in [0.4, 0.5) is 11.6 Å². The largest absolute Gasteiger partial charge is 0.491 e. The molecule has 1 aliphatic rings. The molecule has 2 heterocycles. The van der Waals surface area contributed by atoms with E-state index in [1.54, 1.807) is 6.08 Å². The molecule has 3 aromatic rings. The molecule has 1 saturated heterocycles. The van der Waals surface area contributed by atoms with Gasteiger partial charge in [0.25, 0.3) is 0 Å². The maximum atomic E-state index is 12.5. The van der Waals surface area contributed by atoms with Gasteiger partial charge in [-0.15, -0.1) is 0 Å². The summed E-state index contributed by atoms with van der Waals surface area (Å²) in [5.41, 5.74) is 3.45. The van der Waals surface area contributed by atoms with Crippen molar-refractivity contribution in [3.05, 3.63) is 59.8 Å². The van der Waals surface area contributed by atoms with Crippen molar-refractivity contribution >= 4 is 34.5 Å². The zero-order valence-electron chi connectivity index (χ0n) is 21.3. The number of ether oxygens (including phenoxy) is 1. The minimum Gasteiger partial charge on any atom is -0.491 e. The van der Waals surface area contributed by atoms with Crippen LogP contribution in [0, 0.1) is 6.92 Å². The molecule has 1 aromatic heterocycles. The van der Waals surface area contributed by atoms with E-state index in [1.807, 2.05) is 63.2 Å². The molecular weight excluding hydrogens is 438 g/mol. The van der Waals surface area contributed by atoms with Crippen LogP contribution in [0.5, 0.6) is 5.75 Å². The topological polar surface area (TPSA) is 70.6 Å². The van der Waals surface area contributed by atoms with Gasteiger partial charge in [0, 0.05) is 36.3 Å². The van der Waals surface area contributed by atoms with Gasteiger partial charge in [-0.05, 0) is 89.7 Å². The molecule has 2 aromatic carbocycles. The second-order valence-corrected chi connectivity index (χ2v) is 9.58. The molecule has 0 spiro atoms. The third kappa shape index (κ3) is 6.36. The quantitative estimate of drug-likeness (QED) is 0.492. The number of carbonyl (C=O) groups is 1. The van der Waals surface area contributed by atoms with E-state index in [4.69, 9.17) is 14.7 Å². The maximum absolute atomic E-state index is 12.5. The van der Waals surface area contributed by atoms with E-state index in [0.29, 0.717) is 6.04 Å². The lowest BCUT2D eigenvalue weighted by atomic mass is 10.0. The standard InChI is InChI=1S/C28H35N5O2/c1-19(2)35-24-10-6-21(7-11-24)8-13-27(34)30-22-9-12-26-25(18-22)20(3)29-28(31-26)33-16-14-23(15-17-33)32(4)5/h6-13,18-19,23H,14-17H2,1-5H3,(H,30,34)/b13-8+. The summed E-state index contributed by atoms with van der Waals surface area (Å²) in [7, 11) is 4.28. The van der Waals surface area contributed by atoms with Crippen LogP contribution < -0.4 is 15.0 Å². The van der Waals surface area contributed by atoms with Crippen molar-refractivity contribution in [1.82, 2.24) is 14.9 Å². The SMILES string of the molecule is Cc1nc(N2CCC(N(C)C)CC2)nc2ccc(NC(=O)/C=C/c3ccc(OC(C)C)cc3)cc12. The van der Waals surface area contributed by atoms with Gasteiger partial charge in [0.1, 0.15) is 5.75 Å². The number of rotatable bonds is 7. The third-order valence-electron chi connectivity index (χ3n) is 6.30. The van der Waals surface area contributed by atoms with Gasteiger partial charge in [-0.2, -0.15) is 0 Å². The van der Waals surface area contributed by atoms with Crippen LogP contribution in [0.25, 0.3) is 17.0 Å². The summed E-state index contributed by atoms with van der Waals surface area (Å²) in [5.74, 6) is 1.42. The number of nitrogens with one attached hydrogen (secondary N) is 1. The molecule has 0 aliphatic carbocycles. The summed E-state index contributed by atoms with van der Waals surface area (Å²) >= 11 is 0. The summed E-state index contributed by atoms with van der Waals surface area (Å²) in [4.78, 5) is 26.7. The van der Waals surface area contributed by atoms with E-state index in [0.717, 1.165) is 65.5 Å². The number of amides is 1. The molecule has 4 rings (SSSR count). The van der Waals surface area contributed by atoms with Gasteiger partial charge in [0.2, 0.25) is 11.9 Å². The Morgan fingerprint density at radius 2 is 1.83 bits per heavy atom. The number of nitrogens with zero attached hydrogens (tertiary/aromatic N) is 4. The van der Waals surface area contributed by atoms with E-state index >= 15 is 0 Å². The van der Waals surface area contributed by atoms with E-state index in [-0.39, 0.29) is 12.0 Å². The van der Waals surface area contributed by atoms with Crippen LogP contribution in [0.2, 0.25) is 0 Å². The number of aryl methyl sites for hydroxylation is 1. The van der Waals surface area contributed by atoms with E-state index in [1.165, 1.54) is 6.08 Å². The molecule has 0 saturated carbocycles. The Morgan fingerprint density at radius 3 is 2.49 bits per heavy atom. The minimum atomic E-state index is -0.189. The number of piperidine rings is 1. The fourth-order valence-electron chi connectivity index (χ4n) is 4.35. The van der Waals surface area contributed by atoms with Crippen LogP contribution in [0.15, 0.2) is 48.5 Å². The first-order chi connectivity index (χ1) is 16.8. The Kier molecular flexibility index (Phi) is 7.66. The summed E-state index contributed by atoms with van der Waals surface area (Å²) < 4.78 is 5.66. The average Bonchev–Trinajstić information content (AvgIpc) is 2.83. The Labute approximate surface area is 207 Å². The van der Waals surface area contributed by atoms with Crippen LogP contribution >= 0.6 is 0 Å². The molecule has 35 heavy (non-hydrogen) atoms. The Balaban J connectivity index is 1.41. The highest BCUT2D eigenvalue weighted by Crippen LogP contribution is 2.25. The van der Waals surface area contributed by atoms with Crippen LogP contribution in [-0.4, -0.2) is 60.1 Å². The Morgan fingerprint density at radius 1 is 1.11 bits per heavy atom. The summed E-state index contributed by atoms with van der Waals surface area (Å²) in [6, 6.07) is 14.1. The molecule has 1 aliphatic heterocycles. The maximum Gasteiger partial charge on any atom is 0.248 e. The number of anilines is 2. The number of carbonyl (C=O) groups excluding carboxylic acids is 1. The predicted molar refractivity (Wildman–Crippen MR) is 143 cm³/mol. The third-order valence-corrected chi connectivity index (χ3v) is 6.30. The highest BCUT2D eigenvalue weighted by Gasteiger charge is 2.22. The summed E-state index contributed by atoms with van der Waals surface area (Å²) in [6.07, 6.45) is 5.68. The number of hydrogen-bond acceptors (Lipinski definition) is 6. The van der Waals surface area contributed by atoms with Gasteiger partial charge in [-0.1, -0.05) is 12.1 Å². The zero-order valence-corrected chi connectivity index (χ0v) is 21.3. The molecule has 1 fully saturated rings. The van der Waals surface area contributed by atoms with Crippen molar-refractivity contribution < 1.29 is 9.53 Å². The normalized spacial score (nSPS) is 14.9. The van der Waals surface area contributed by atoms with Crippen LogP contribution in [-0.2, 0) is 4.79 Å². The van der Waals surface area contributed by atoms with Gasteiger partial charge in [-0.25, -0.2) is 9.97 Å². The van der Waals surface area contributed by atoms with Crippen LogP contribution in [0.3, 0.4) is 0 Å². The number of fused-ring (bicyclic) bond motifs is 1. The first-order valence-electron chi connectivity index (χ1n) is 12.2. The van der Waals surface area contributed by atoms with Crippen molar-refractivity contribution in [2.75, 3.05) is 37.4 Å². The van der Waals surface area contributed by atoms with Crippen molar-refractivity contribution in [2.24, 2.45) is 0 Å². The highest BCUT2D eigenvalue weighted by atomic mass is 16.5. The van der Waals surface area contributed by atoms with Crippen molar-refractivity contribution in [3.63, 3.8) is 0 Å². The van der Waals surface area contributed by atoms with E-state index in [9.17, 15) is 4.79 Å². The number of aromatic nitrogens is 2. The number of benzene rings is 2. The molecule has 0 atom stereocenters. The molecule has 0 bridgehead atoms. The van der Waals surface area contributed by atoms with Crippen molar-refractivity contribution in [1.29, 1.82) is 0 Å². The average molecular weight is 474 g/mol. The molecule has 0 unspecified atom stereocenters. The second kappa shape index (κ2) is 10.9. The Bertz CT molecular complexity index is 1200. The van der Waals surface area contributed by atoms with E-state index < -0.39 is 0 Å². The Hall–Kier alpha value is -3.45. The molecule has 1 N–H and O–H groups in total. The first kappa shape index (κ1) is 24.7. The van der Waals surface area contributed by atoms with Gasteiger partial charge >= 0.3 is 0 Å². The highest BCUT2D eigenvalue weighted by molar-refractivity contribution is 6.03. The lowest BCUT2D eigenvalue weighted by Gasteiger charge is -2.35. The fraction of sp³-hybridized carbons (Fsp3) is 0.393. The minimum absolute atomic E-state index is 0.130. The van der Waals surface area contributed by atoms with Crippen LogP contribution in [0.1, 0.15) is 37.9 Å². The molecular formula is C28H35N5O2. The monoisotopic (exact) mass is 473 g/mol.